The Balaban J connectivity index is 2.77. The molecule has 0 atom stereocenters. The van der Waals surface area contributed by atoms with Crippen molar-refractivity contribution in [3.8, 4) is 0 Å². The molecule has 140 valence electrons. The van der Waals surface area contributed by atoms with E-state index in [0.29, 0.717) is 11.1 Å². The van der Waals surface area contributed by atoms with Crippen LogP contribution in [0.2, 0.25) is 0 Å². The van der Waals surface area contributed by atoms with Gasteiger partial charge >= 0.3 is 5.97 Å². The second kappa shape index (κ2) is 10.6. The maximum absolute atomic E-state index is 12.2. The number of carboxylic acids is 1. The van der Waals surface area contributed by atoms with Crippen molar-refractivity contribution in [1.29, 1.82) is 0 Å². The summed E-state index contributed by atoms with van der Waals surface area (Å²) < 4.78 is 0. The molecule has 2 aromatic carbocycles. The zero-order valence-electron chi connectivity index (χ0n) is 15.8. The van der Waals surface area contributed by atoms with Crippen molar-refractivity contribution >= 4 is 28.2 Å². The zero-order chi connectivity index (χ0) is 19.6. The lowest BCUT2D eigenvalue weighted by atomic mass is 9.94. The number of unbranched alkanes of at least 4 members (excludes halogenated alkanes) is 1. The highest BCUT2D eigenvalue weighted by Crippen LogP contribution is 2.33. The average Bonchev–Trinajstić information content (AvgIpc) is 2.71. The Morgan fingerprint density at radius 1 is 0.963 bits per heavy atom. The van der Waals surface area contributed by atoms with Crippen LogP contribution in [0, 0.1) is 0 Å². The Labute approximate surface area is 166 Å². The van der Waals surface area contributed by atoms with Gasteiger partial charge in [-0.05, 0) is 36.0 Å². The predicted octanol–water partition coefficient (Wildman–Crippen LogP) is 6.93. The first-order chi connectivity index (χ1) is 13.1. The maximum Gasteiger partial charge on any atom is 0.338 e. The van der Waals surface area contributed by atoms with Crippen molar-refractivity contribution in [3.05, 3.63) is 88.7 Å². The third-order valence-electron chi connectivity index (χ3n) is 4.33. The van der Waals surface area contributed by atoms with E-state index in [1.807, 2.05) is 60.7 Å². The van der Waals surface area contributed by atoms with Crippen LogP contribution in [-0.2, 0) is 4.79 Å². The molecule has 2 aromatic rings. The van der Waals surface area contributed by atoms with Crippen LogP contribution in [0.5, 0.6) is 0 Å². The van der Waals surface area contributed by atoms with Crippen LogP contribution < -0.4 is 0 Å². The monoisotopic (exact) mass is 380 g/mol. The molecule has 0 heterocycles. The van der Waals surface area contributed by atoms with Crippen LogP contribution in [0.3, 0.4) is 0 Å². The van der Waals surface area contributed by atoms with Gasteiger partial charge in [-0.25, -0.2) is 4.79 Å². The molecule has 0 spiro atoms. The predicted molar refractivity (Wildman–Crippen MR) is 114 cm³/mol. The fourth-order valence-corrected chi connectivity index (χ4v) is 3.12. The summed E-state index contributed by atoms with van der Waals surface area (Å²) in [6, 6.07) is 18.7. The molecule has 2 rings (SSSR count). The molecule has 0 aliphatic heterocycles. The van der Waals surface area contributed by atoms with E-state index >= 15 is 0 Å². The molecular formula is C24H25ClO2. The van der Waals surface area contributed by atoms with Gasteiger partial charge in [0.15, 0.2) is 0 Å². The number of rotatable bonds is 8. The highest BCUT2D eigenvalue weighted by molar-refractivity contribution is 6.52. The second-order valence-electron chi connectivity index (χ2n) is 6.29. The summed E-state index contributed by atoms with van der Waals surface area (Å²) in [4.78, 5) is 12.2. The molecule has 1 N–H and O–H groups in total. The topological polar surface area (TPSA) is 37.3 Å². The summed E-state index contributed by atoms with van der Waals surface area (Å²) in [5.41, 5.74) is 6.59. The van der Waals surface area contributed by atoms with Gasteiger partial charge in [0.25, 0.3) is 0 Å². The molecule has 3 heteroatoms. The van der Waals surface area contributed by atoms with Gasteiger partial charge in [-0.15, -0.1) is 5.73 Å². The van der Waals surface area contributed by atoms with Crippen molar-refractivity contribution in [3.63, 3.8) is 0 Å². The molecule has 0 bridgehead atoms. The van der Waals surface area contributed by atoms with E-state index in [0.717, 1.165) is 36.8 Å². The molecule has 0 amide bonds. The Morgan fingerprint density at radius 2 is 1.52 bits per heavy atom. The van der Waals surface area contributed by atoms with Crippen molar-refractivity contribution < 1.29 is 9.90 Å². The van der Waals surface area contributed by atoms with Gasteiger partial charge in [0.2, 0.25) is 0 Å². The van der Waals surface area contributed by atoms with Gasteiger partial charge in [0, 0.05) is 5.57 Å². The van der Waals surface area contributed by atoms with Crippen molar-refractivity contribution in [2.45, 2.75) is 39.5 Å². The number of halogens is 1. The Bertz CT molecular complexity index is 858. The molecule has 0 aromatic heterocycles. The van der Waals surface area contributed by atoms with Gasteiger partial charge in [-0.2, -0.15) is 0 Å². The van der Waals surface area contributed by atoms with E-state index in [4.69, 9.17) is 11.6 Å². The van der Waals surface area contributed by atoms with Crippen LogP contribution in [0.15, 0.2) is 77.5 Å². The summed E-state index contributed by atoms with van der Waals surface area (Å²) in [6.45, 7) is 4.22. The van der Waals surface area contributed by atoms with Crippen LogP contribution in [0.1, 0.15) is 50.7 Å². The number of carbonyl (C=O) groups is 1. The summed E-state index contributed by atoms with van der Waals surface area (Å²) in [5.74, 6) is -1.05. The average molecular weight is 381 g/mol. The van der Waals surface area contributed by atoms with Crippen LogP contribution in [0.4, 0.5) is 0 Å². The SMILES string of the molecule is CCCCC(=C=C(/C(C(=O)O)=C(\Cl)c1ccccc1)c1ccccc1)CC. The number of hydrogen-bond acceptors (Lipinski definition) is 1. The summed E-state index contributed by atoms with van der Waals surface area (Å²) >= 11 is 6.57. The van der Waals surface area contributed by atoms with Crippen LogP contribution >= 0.6 is 11.6 Å². The highest BCUT2D eigenvalue weighted by atomic mass is 35.5. The van der Waals surface area contributed by atoms with E-state index in [9.17, 15) is 9.90 Å². The van der Waals surface area contributed by atoms with Crippen molar-refractivity contribution in [2.24, 2.45) is 0 Å². The molecule has 0 fully saturated rings. The third kappa shape index (κ3) is 5.72. The highest BCUT2D eigenvalue weighted by Gasteiger charge is 2.21. The third-order valence-corrected chi connectivity index (χ3v) is 4.74. The van der Waals surface area contributed by atoms with E-state index in [-0.39, 0.29) is 10.6 Å². The number of hydrogen-bond donors (Lipinski definition) is 1. The van der Waals surface area contributed by atoms with Gasteiger partial charge < -0.3 is 5.11 Å². The largest absolute Gasteiger partial charge is 0.478 e. The molecule has 0 aliphatic rings. The molecule has 0 saturated heterocycles. The lowest BCUT2D eigenvalue weighted by Crippen LogP contribution is -2.05. The second-order valence-corrected chi connectivity index (χ2v) is 6.66. The van der Waals surface area contributed by atoms with E-state index in [1.54, 1.807) is 0 Å². The quantitative estimate of drug-likeness (QED) is 0.306. The number of aliphatic carboxylic acids is 1. The standard InChI is InChI=1S/C24H25ClO2/c1-3-5-12-18(4-2)17-21(19-13-8-6-9-14-19)22(24(26)27)23(25)20-15-10-7-11-16-20/h6-11,13-16H,3-5,12H2,1-2H3,(H,26,27)/b23-22+. The minimum absolute atomic E-state index is 0.0801. The summed E-state index contributed by atoms with van der Waals surface area (Å²) in [7, 11) is 0. The Hall–Kier alpha value is -2.54. The fraction of sp³-hybridized carbons (Fsp3) is 0.250. The smallest absolute Gasteiger partial charge is 0.338 e. The first kappa shape index (κ1) is 20.8. The maximum atomic E-state index is 12.2. The molecular weight excluding hydrogens is 356 g/mol. The summed E-state index contributed by atoms with van der Waals surface area (Å²) in [5, 5.41) is 10.2. The minimum Gasteiger partial charge on any atom is -0.478 e. The van der Waals surface area contributed by atoms with E-state index in [2.05, 4.69) is 19.6 Å². The lowest BCUT2D eigenvalue weighted by molar-refractivity contribution is -0.132. The molecule has 2 nitrogen and oxygen atoms in total. The molecule has 0 radical (unpaired) electrons. The Morgan fingerprint density at radius 3 is 2.00 bits per heavy atom. The van der Waals surface area contributed by atoms with E-state index in [1.165, 1.54) is 0 Å². The minimum atomic E-state index is -1.05. The normalized spacial score (nSPS) is 11.4. The van der Waals surface area contributed by atoms with Crippen molar-refractivity contribution in [2.75, 3.05) is 0 Å². The van der Waals surface area contributed by atoms with Gasteiger partial charge in [-0.1, -0.05) is 92.5 Å². The zero-order valence-corrected chi connectivity index (χ0v) is 16.6. The van der Waals surface area contributed by atoms with Gasteiger partial charge in [0.05, 0.1) is 10.6 Å². The van der Waals surface area contributed by atoms with Crippen LogP contribution in [0.25, 0.3) is 10.6 Å². The first-order valence-corrected chi connectivity index (χ1v) is 9.69. The van der Waals surface area contributed by atoms with Crippen molar-refractivity contribution in [1.82, 2.24) is 0 Å². The number of carboxylic acid groups (broad SMARTS) is 1. The molecule has 27 heavy (non-hydrogen) atoms. The molecule has 0 saturated carbocycles. The van der Waals surface area contributed by atoms with Crippen LogP contribution in [-0.4, -0.2) is 11.1 Å². The Kier molecular flexibility index (Phi) is 8.13. The number of benzene rings is 2. The fourth-order valence-electron chi connectivity index (χ4n) is 2.82. The molecule has 0 unspecified atom stereocenters. The first-order valence-electron chi connectivity index (χ1n) is 9.31. The van der Waals surface area contributed by atoms with E-state index < -0.39 is 5.97 Å². The summed E-state index contributed by atoms with van der Waals surface area (Å²) in [6.07, 6.45) is 3.86. The van der Waals surface area contributed by atoms with Gasteiger partial charge in [-0.3, -0.25) is 0 Å². The lowest BCUT2D eigenvalue weighted by Gasteiger charge is -2.11. The molecule has 0 aliphatic carbocycles. The van der Waals surface area contributed by atoms with Gasteiger partial charge in [0.1, 0.15) is 0 Å².